The smallest absolute Gasteiger partial charge is 0.283 e. The Labute approximate surface area is 113 Å². The largest absolute Gasteiger partial charge is 0.328 e. The number of hydrogen-bond acceptors (Lipinski definition) is 4. The molecule has 7 nitrogen and oxygen atoms in total. The summed E-state index contributed by atoms with van der Waals surface area (Å²) in [5.74, 6) is 0. The van der Waals surface area contributed by atoms with E-state index in [1.165, 1.54) is 4.52 Å². The molecular weight excluding hydrogens is 256 g/mol. The molecule has 4 aromatic rings. The number of aryl methyl sites for hydroxylation is 2. The molecule has 20 heavy (non-hydrogen) atoms. The molecule has 7 heteroatoms. The van der Waals surface area contributed by atoms with Crippen molar-refractivity contribution in [3.05, 3.63) is 35.0 Å². The molecule has 0 aliphatic carbocycles. The van der Waals surface area contributed by atoms with Crippen molar-refractivity contribution in [1.29, 1.82) is 0 Å². The van der Waals surface area contributed by atoms with Gasteiger partial charge in [0.2, 0.25) is 0 Å². The molecule has 4 heterocycles. The molecule has 0 atom stereocenters. The van der Waals surface area contributed by atoms with Crippen LogP contribution in [0.15, 0.2) is 29.5 Å². The standard InChI is InChI=1S/C13H12N6O/c1-3-18-12-8(7-16-18)11-9(6-14-12)13(20)19-10(17(11)2)4-5-15-19/h4-7H,3H2,1-2H3. The Morgan fingerprint density at radius 2 is 2.05 bits per heavy atom. The Morgan fingerprint density at radius 1 is 1.20 bits per heavy atom. The molecule has 0 aliphatic rings. The lowest BCUT2D eigenvalue weighted by atomic mass is 10.2. The maximum atomic E-state index is 12.4. The van der Waals surface area contributed by atoms with Crippen molar-refractivity contribution < 1.29 is 0 Å². The van der Waals surface area contributed by atoms with Gasteiger partial charge in [-0.15, -0.1) is 0 Å². The molecule has 4 rings (SSSR count). The normalized spacial score (nSPS) is 11.9. The molecule has 0 bridgehead atoms. The zero-order valence-corrected chi connectivity index (χ0v) is 11.1. The molecule has 0 saturated heterocycles. The molecule has 4 aromatic heterocycles. The minimum atomic E-state index is -0.156. The fourth-order valence-corrected chi connectivity index (χ4v) is 2.70. The van der Waals surface area contributed by atoms with E-state index in [2.05, 4.69) is 15.2 Å². The fourth-order valence-electron chi connectivity index (χ4n) is 2.70. The third-order valence-electron chi connectivity index (χ3n) is 3.66. The molecule has 0 aliphatic heterocycles. The van der Waals surface area contributed by atoms with Crippen LogP contribution in [0.25, 0.3) is 27.6 Å². The number of hydrogen-bond donors (Lipinski definition) is 0. The molecule has 100 valence electrons. The van der Waals surface area contributed by atoms with Gasteiger partial charge < -0.3 is 4.57 Å². The van der Waals surface area contributed by atoms with Gasteiger partial charge in [-0.05, 0) is 6.92 Å². The average Bonchev–Trinajstić information content (AvgIpc) is 3.10. The Bertz CT molecular complexity index is 1020. The van der Waals surface area contributed by atoms with E-state index in [1.807, 2.05) is 29.3 Å². The van der Waals surface area contributed by atoms with E-state index in [4.69, 9.17) is 0 Å². The van der Waals surface area contributed by atoms with Crippen molar-refractivity contribution in [1.82, 2.24) is 28.9 Å². The summed E-state index contributed by atoms with van der Waals surface area (Å²) in [7, 11) is 1.92. The van der Waals surface area contributed by atoms with Crippen molar-refractivity contribution in [2.24, 2.45) is 7.05 Å². The van der Waals surface area contributed by atoms with Gasteiger partial charge in [-0.1, -0.05) is 0 Å². The zero-order chi connectivity index (χ0) is 13.9. The van der Waals surface area contributed by atoms with E-state index in [0.29, 0.717) is 5.39 Å². The maximum Gasteiger partial charge on any atom is 0.283 e. The summed E-state index contributed by atoms with van der Waals surface area (Å²) in [6, 6.07) is 1.82. The first-order valence-electron chi connectivity index (χ1n) is 6.39. The number of nitrogens with zero attached hydrogens (tertiary/aromatic N) is 6. The highest BCUT2D eigenvalue weighted by molar-refractivity contribution is 6.02. The molecular formula is C13H12N6O. The van der Waals surface area contributed by atoms with Gasteiger partial charge in [0, 0.05) is 25.9 Å². The predicted molar refractivity (Wildman–Crippen MR) is 74.7 cm³/mol. The molecule has 0 spiro atoms. The van der Waals surface area contributed by atoms with Gasteiger partial charge >= 0.3 is 0 Å². The Morgan fingerprint density at radius 3 is 2.85 bits per heavy atom. The fraction of sp³-hybridized carbons (Fsp3) is 0.231. The van der Waals surface area contributed by atoms with Crippen LogP contribution in [0.1, 0.15) is 6.92 Å². The van der Waals surface area contributed by atoms with Crippen LogP contribution in [-0.2, 0) is 13.6 Å². The van der Waals surface area contributed by atoms with Gasteiger partial charge in [0.25, 0.3) is 5.56 Å². The van der Waals surface area contributed by atoms with Crippen LogP contribution >= 0.6 is 0 Å². The van der Waals surface area contributed by atoms with E-state index in [0.717, 1.165) is 28.7 Å². The molecule has 0 fully saturated rings. The van der Waals surface area contributed by atoms with Gasteiger partial charge in [-0.25, -0.2) is 9.67 Å². The third kappa shape index (κ3) is 1.19. The summed E-state index contributed by atoms with van der Waals surface area (Å²) in [5, 5.41) is 9.81. The first kappa shape index (κ1) is 11.2. The topological polar surface area (TPSA) is 70.0 Å². The third-order valence-corrected chi connectivity index (χ3v) is 3.66. The van der Waals surface area contributed by atoms with Crippen molar-refractivity contribution >= 4 is 27.6 Å². The summed E-state index contributed by atoms with van der Waals surface area (Å²) in [5.41, 5.74) is 2.22. The van der Waals surface area contributed by atoms with E-state index < -0.39 is 0 Å². The van der Waals surface area contributed by atoms with E-state index in [1.54, 1.807) is 18.6 Å². The predicted octanol–water partition coefficient (Wildman–Crippen LogP) is 0.951. The second-order valence-electron chi connectivity index (χ2n) is 4.68. The highest BCUT2D eigenvalue weighted by Gasteiger charge is 2.14. The van der Waals surface area contributed by atoms with Crippen LogP contribution in [0.4, 0.5) is 0 Å². The van der Waals surface area contributed by atoms with Crippen LogP contribution in [-0.4, -0.2) is 28.9 Å². The Hall–Kier alpha value is -2.70. The summed E-state index contributed by atoms with van der Waals surface area (Å²) in [6.45, 7) is 2.75. The van der Waals surface area contributed by atoms with Crippen molar-refractivity contribution in [3.63, 3.8) is 0 Å². The van der Waals surface area contributed by atoms with Crippen molar-refractivity contribution in [3.8, 4) is 0 Å². The number of rotatable bonds is 1. The molecule has 0 N–H and O–H groups in total. The number of fused-ring (bicyclic) bond motifs is 4. The summed E-state index contributed by atoms with van der Waals surface area (Å²) < 4.78 is 5.16. The SMILES string of the molecule is CCn1ncc2c1ncc1c(=O)n3nccc3n(C)c12. The first-order chi connectivity index (χ1) is 9.72. The number of aromatic nitrogens is 6. The average molecular weight is 268 g/mol. The second-order valence-corrected chi connectivity index (χ2v) is 4.68. The minimum absolute atomic E-state index is 0.156. The highest BCUT2D eigenvalue weighted by Crippen LogP contribution is 2.22. The summed E-state index contributed by atoms with van der Waals surface area (Å²) in [6.07, 6.45) is 4.99. The van der Waals surface area contributed by atoms with Crippen molar-refractivity contribution in [2.75, 3.05) is 0 Å². The zero-order valence-electron chi connectivity index (χ0n) is 11.1. The lowest BCUT2D eigenvalue weighted by Crippen LogP contribution is -2.18. The highest BCUT2D eigenvalue weighted by atomic mass is 16.1. The van der Waals surface area contributed by atoms with Crippen LogP contribution in [0.2, 0.25) is 0 Å². The molecule has 0 radical (unpaired) electrons. The Balaban J connectivity index is 2.35. The van der Waals surface area contributed by atoms with Crippen LogP contribution in [0, 0.1) is 0 Å². The Kier molecular flexibility index (Phi) is 2.04. The van der Waals surface area contributed by atoms with Gasteiger partial charge in [0.1, 0.15) is 5.65 Å². The second kappa shape index (κ2) is 3.66. The monoisotopic (exact) mass is 268 g/mol. The lowest BCUT2D eigenvalue weighted by molar-refractivity contribution is 0.677. The van der Waals surface area contributed by atoms with Crippen LogP contribution in [0.3, 0.4) is 0 Å². The molecule has 0 amide bonds. The quantitative estimate of drug-likeness (QED) is 0.515. The lowest BCUT2D eigenvalue weighted by Gasteiger charge is -2.08. The van der Waals surface area contributed by atoms with Gasteiger partial charge in [-0.2, -0.15) is 14.7 Å². The van der Waals surface area contributed by atoms with Gasteiger partial charge in [-0.3, -0.25) is 4.79 Å². The van der Waals surface area contributed by atoms with Gasteiger partial charge in [0.15, 0.2) is 5.65 Å². The number of pyridine rings is 1. The molecule has 0 unspecified atom stereocenters. The van der Waals surface area contributed by atoms with Gasteiger partial charge in [0.05, 0.1) is 28.7 Å². The van der Waals surface area contributed by atoms with E-state index >= 15 is 0 Å². The summed E-state index contributed by atoms with van der Waals surface area (Å²) in [4.78, 5) is 16.8. The van der Waals surface area contributed by atoms with Crippen molar-refractivity contribution in [2.45, 2.75) is 13.5 Å². The molecule has 0 saturated carbocycles. The van der Waals surface area contributed by atoms with Crippen LogP contribution in [0.5, 0.6) is 0 Å². The minimum Gasteiger partial charge on any atom is -0.328 e. The van der Waals surface area contributed by atoms with E-state index in [9.17, 15) is 4.79 Å². The van der Waals surface area contributed by atoms with Crippen LogP contribution < -0.4 is 5.56 Å². The first-order valence-corrected chi connectivity index (χ1v) is 6.39. The molecule has 0 aromatic carbocycles. The summed E-state index contributed by atoms with van der Waals surface area (Å²) >= 11 is 0. The van der Waals surface area contributed by atoms with E-state index in [-0.39, 0.29) is 5.56 Å². The maximum absolute atomic E-state index is 12.4.